The van der Waals surface area contributed by atoms with Crippen molar-refractivity contribution in [3.8, 4) is 0 Å². The van der Waals surface area contributed by atoms with Crippen LogP contribution in [0.3, 0.4) is 0 Å². The van der Waals surface area contributed by atoms with E-state index in [0.29, 0.717) is 27.5 Å². The van der Waals surface area contributed by atoms with Gasteiger partial charge >= 0.3 is 0 Å². The molecule has 0 atom stereocenters. The maximum absolute atomic E-state index is 12.9. The van der Waals surface area contributed by atoms with E-state index in [2.05, 4.69) is 26.6 Å². The number of para-hydroxylation sites is 1. The second-order valence-corrected chi connectivity index (χ2v) is 7.90. The fourth-order valence-electron chi connectivity index (χ4n) is 3.04. The van der Waals surface area contributed by atoms with Gasteiger partial charge in [-0.1, -0.05) is 57.9 Å². The van der Waals surface area contributed by atoms with Crippen LogP contribution in [0.2, 0.25) is 5.02 Å². The minimum Gasteiger partial charge on any atom is -0.449 e. The van der Waals surface area contributed by atoms with E-state index in [1.807, 2.05) is 30.3 Å². The molecule has 2 N–H and O–H groups in total. The molecule has 4 rings (SSSR count). The number of rotatable bonds is 6. The summed E-state index contributed by atoms with van der Waals surface area (Å²) < 4.78 is 6.69. The van der Waals surface area contributed by atoms with Gasteiger partial charge in [0.2, 0.25) is 5.76 Å². The highest BCUT2D eigenvalue weighted by atomic mass is 79.9. The Balaban J connectivity index is 1.60. The number of benzene rings is 3. The Morgan fingerprint density at radius 3 is 2.50 bits per heavy atom. The van der Waals surface area contributed by atoms with Gasteiger partial charge in [0.05, 0.1) is 12.2 Å². The molecule has 5 nitrogen and oxygen atoms in total. The van der Waals surface area contributed by atoms with Crippen LogP contribution in [-0.2, 0) is 0 Å². The number of anilines is 2. The molecule has 1 heterocycles. The van der Waals surface area contributed by atoms with E-state index in [9.17, 15) is 9.59 Å². The maximum atomic E-state index is 12.9. The highest BCUT2D eigenvalue weighted by molar-refractivity contribution is 9.10. The molecule has 0 aliphatic heterocycles. The number of fused-ring (bicyclic) bond motifs is 1. The number of ketones is 1. The molecule has 0 spiro atoms. The third-order valence-corrected chi connectivity index (χ3v) is 5.24. The van der Waals surface area contributed by atoms with E-state index >= 15 is 0 Å². The number of amides is 1. The highest BCUT2D eigenvalue weighted by Gasteiger charge is 2.21. The highest BCUT2D eigenvalue weighted by Crippen LogP contribution is 2.31. The largest absolute Gasteiger partial charge is 0.449 e. The summed E-state index contributed by atoms with van der Waals surface area (Å²) >= 11 is 9.35. The van der Waals surface area contributed by atoms with Gasteiger partial charge < -0.3 is 15.1 Å². The van der Waals surface area contributed by atoms with Crippen molar-refractivity contribution >= 4 is 61.6 Å². The lowest BCUT2D eigenvalue weighted by atomic mass is 10.1. The van der Waals surface area contributed by atoms with Crippen molar-refractivity contribution < 1.29 is 14.0 Å². The molecule has 4 aromatic rings. The van der Waals surface area contributed by atoms with Gasteiger partial charge in [0, 0.05) is 26.1 Å². The number of halogens is 2. The fraction of sp³-hybridized carbons (Fsp3) is 0.0435. The lowest BCUT2D eigenvalue weighted by molar-refractivity contribution is 0.0991. The van der Waals surface area contributed by atoms with Crippen LogP contribution in [0.5, 0.6) is 0 Å². The second kappa shape index (κ2) is 8.73. The smallest absolute Gasteiger partial charge is 0.293 e. The number of carbonyl (C=O) groups excluding carboxylic acids is 2. The van der Waals surface area contributed by atoms with Gasteiger partial charge in [-0.15, -0.1) is 0 Å². The van der Waals surface area contributed by atoms with Gasteiger partial charge in [0.15, 0.2) is 5.78 Å². The molecule has 0 unspecified atom stereocenters. The zero-order valence-corrected chi connectivity index (χ0v) is 18.0. The number of hydrogen-bond donors (Lipinski definition) is 2. The summed E-state index contributed by atoms with van der Waals surface area (Å²) in [5.41, 5.74) is 2.14. The van der Waals surface area contributed by atoms with Crippen LogP contribution in [0.1, 0.15) is 20.9 Å². The van der Waals surface area contributed by atoms with E-state index in [1.165, 1.54) is 0 Å². The molecular formula is C23H16BrClN2O3. The summed E-state index contributed by atoms with van der Waals surface area (Å²) in [4.78, 5) is 25.5. The van der Waals surface area contributed by atoms with Gasteiger partial charge in [-0.2, -0.15) is 0 Å². The number of nitrogens with one attached hydrogen (secondary N) is 2. The lowest BCUT2D eigenvalue weighted by Crippen LogP contribution is -2.17. The Labute approximate surface area is 186 Å². The van der Waals surface area contributed by atoms with Crippen molar-refractivity contribution in [3.05, 3.63) is 93.6 Å². The van der Waals surface area contributed by atoms with Crippen LogP contribution in [0.25, 0.3) is 11.0 Å². The monoisotopic (exact) mass is 482 g/mol. The molecule has 1 amide bonds. The van der Waals surface area contributed by atoms with Gasteiger partial charge in [0.1, 0.15) is 5.58 Å². The third-order valence-electron chi connectivity index (χ3n) is 4.48. The van der Waals surface area contributed by atoms with Crippen LogP contribution in [-0.4, -0.2) is 18.2 Å². The Morgan fingerprint density at radius 2 is 1.73 bits per heavy atom. The van der Waals surface area contributed by atoms with Gasteiger partial charge in [-0.25, -0.2) is 0 Å². The molecule has 0 aliphatic carbocycles. The number of hydrogen-bond acceptors (Lipinski definition) is 4. The predicted octanol–water partition coefficient (Wildman–Crippen LogP) is 6.40. The summed E-state index contributed by atoms with van der Waals surface area (Å²) in [6.45, 7) is 0.0165. The van der Waals surface area contributed by atoms with Crippen LogP contribution < -0.4 is 10.6 Å². The minimum atomic E-state index is -0.438. The molecule has 7 heteroatoms. The van der Waals surface area contributed by atoms with Crippen molar-refractivity contribution in [3.63, 3.8) is 0 Å². The topological polar surface area (TPSA) is 71.3 Å². The Hall–Kier alpha value is -3.09. The minimum absolute atomic E-state index is 0.0165. The molecule has 3 aromatic carbocycles. The molecule has 1 aromatic heterocycles. The fourth-order valence-corrected chi connectivity index (χ4v) is 3.50. The van der Waals surface area contributed by atoms with Crippen LogP contribution in [0.15, 0.2) is 81.7 Å². The molecule has 0 aliphatic rings. The standard InChI is InChI=1S/C23H16BrClN2O3/c24-15-10-8-14(9-11-15)19(28)13-26-21-18-6-1-2-7-20(18)30-22(21)23(29)27-17-5-3-4-16(25)12-17/h1-12,26H,13H2,(H,27,29). The first-order chi connectivity index (χ1) is 14.5. The molecule has 0 bridgehead atoms. The predicted molar refractivity (Wildman–Crippen MR) is 123 cm³/mol. The number of carbonyl (C=O) groups is 2. The Kier molecular flexibility index (Phi) is 5.88. The average Bonchev–Trinajstić information content (AvgIpc) is 3.11. The molecule has 0 saturated heterocycles. The molecule has 0 radical (unpaired) electrons. The van der Waals surface area contributed by atoms with Crippen molar-refractivity contribution in [2.75, 3.05) is 17.2 Å². The summed E-state index contributed by atoms with van der Waals surface area (Å²) in [7, 11) is 0. The van der Waals surface area contributed by atoms with E-state index in [0.717, 1.165) is 9.86 Å². The molecule has 30 heavy (non-hydrogen) atoms. The van der Waals surface area contributed by atoms with Crippen LogP contribution in [0, 0.1) is 0 Å². The van der Waals surface area contributed by atoms with E-state index in [4.69, 9.17) is 16.0 Å². The lowest BCUT2D eigenvalue weighted by Gasteiger charge is -2.08. The first-order valence-electron chi connectivity index (χ1n) is 9.12. The first-order valence-corrected chi connectivity index (χ1v) is 10.3. The van der Waals surface area contributed by atoms with Crippen LogP contribution in [0.4, 0.5) is 11.4 Å². The second-order valence-electron chi connectivity index (χ2n) is 6.55. The van der Waals surface area contributed by atoms with E-state index in [1.54, 1.807) is 42.5 Å². The molecule has 150 valence electrons. The zero-order chi connectivity index (χ0) is 21.1. The molecule has 0 saturated carbocycles. The summed E-state index contributed by atoms with van der Waals surface area (Å²) in [5, 5.41) is 7.09. The number of Topliss-reactive ketones (excluding diaryl/α,β-unsaturated/α-hetero) is 1. The number of furan rings is 1. The molecular weight excluding hydrogens is 468 g/mol. The zero-order valence-electron chi connectivity index (χ0n) is 15.6. The summed E-state index contributed by atoms with van der Waals surface area (Å²) in [5.74, 6) is -0.444. The maximum Gasteiger partial charge on any atom is 0.293 e. The van der Waals surface area contributed by atoms with Gasteiger partial charge in [-0.05, 0) is 42.5 Å². The SMILES string of the molecule is O=C(CNc1c(C(=O)Nc2cccc(Cl)c2)oc2ccccc12)c1ccc(Br)cc1. The van der Waals surface area contributed by atoms with Gasteiger partial charge in [-0.3, -0.25) is 9.59 Å². The van der Waals surface area contributed by atoms with Crippen molar-refractivity contribution in [2.24, 2.45) is 0 Å². The molecule has 0 fully saturated rings. The van der Waals surface area contributed by atoms with Crippen molar-refractivity contribution in [1.29, 1.82) is 0 Å². The van der Waals surface area contributed by atoms with E-state index < -0.39 is 5.91 Å². The Morgan fingerprint density at radius 1 is 0.967 bits per heavy atom. The summed E-state index contributed by atoms with van der Waals surface area (Å²) in [6, 6.07) is 21.2. The first kappa shape index (κ1) is 20.2. The Bertz CT molecular complexity index is 1230. The van der Waals surface area contributed by atoms with Crippen molar-refractivity contribution in [2.45, 2.75) is 0 Å². The van der Waals surface area contributed by atoms with Gasteiger partial charge in [0.25, 0.3) is 5.91 Å². The van der Waals surface area contributed by atoms with E-state index in [-0.39, 0.29) is 18.1 Å². The summed E-state index contributed by atoms with van der Waals surface area (Å²) in [6.07, 6.45) is 0. The quantitative estimate of drug-likeness (QED) is 0.311. The normalized spacial score (nSPS) is 10.7. The van der Waals surface area contributed by atoms with Crippen LogP contribution >= 0.6 is 27.5 Å². The van der Waals surface area contributed by atoms with Crippen molar-refractivity contribution in [1.82, 2.24) is 0 Å². The third kappa shape index (κ3) is 4.40. The average molecular weight is 484 g/mol.